The SMILES string of the molecule is Cc1cc(C)c(C#N)c(OC[C@@H]2C[C@@]3(C)O[C@]2(C)[C@@H]2C(=O)N(c4ccc(C#N)c(C(F)(F)F)c4)C(=O)[C@@H]23)n1. The number of ether oxygens (including phenoxy) is 2. The van der Waals surface area contributed by atoms with Gasteiger partial charge in [0.15, 0.2) is 0 Å². The number of aromatic nitrogens is 1. The van der Waals surface area contributed by atoms with Crippen molar-refractivity contribution in [1.29, 1.82) is 10.5 Å². The Labute approximate surface area is 216 Å². The van der Waals surface area contributed by atoms with Crippen LogP contribution in [-0.4, -0.2) is 34.6 Å². The summed E-state index contributed by atoms with van der Waals surface area (Å²) in [6, 6.07) is 8.16. The fraction of sp³-hybridized carbons (Fsp3) is 0.444. The van der Waals surface area contributed by atoms with Crippen LogP contribution in [0.1, 0.15) is 48.2 Å². The van der Waals surface area contributed by atoms with Gasteiger partial charge in [-0.05, 0) is 63.9 Å². The third-order valence-electron chi connectivity index (χ3n) is 8.03. The maximum Gasteiger partial charge on any atom is 0.417 e. The molecule has 0 unspecified atom stereocenters. The molecule has 2 aromatic rings. The van der Waals surface area contributed by atoms with Crippen LogP contribution in [0.2, 0.25) is 0 Å². The number of rotatable bonds is 4. The number of carbonyl (C=O) groups excluding carboxylic acids is 2. The summed E-state index contributed by atoms with van der Waals surface area (Å²) in [5.74, 6) is -3.29. The maximum absolute atomic E-state index is 13.6. The van der Waals surface area contributed by atoms with Gasteiger partial charge >= 0.3 is 6.18 Å². The molecular weight excluding hydrogens is 501 g/mol. The standard InChI is InChI=1S/C27H23F3N4O4/c1-13-7-14(2)33-22(18(13)11-32)37-12-16-9-25(3)20-21(26(16,4)38-25)24(36)34(23(20)35)17-6-5-15(10-31)19(8-17)27(28,29)30/h5-8,16,20-21H,9,12H2,1-4H3/t16-,20+,21-,25+,26-/m0/s1. The van der Waals surface area contributed by atoms with Gasteiger partial charge < -0.3 is 9.47 Å². The van der Waals surface area contributed by atoms with E-state index in [1.165, 1.54) is 12.1 Å². The van der Waals surface area contributed by atoms with E-state index in [2.05, 4.69) is 11.1 Å². The van der Waals surface area contributed by atoms with Gasteiger partial charge in [0.2, 0.25) is 17.7 Å². The molecule has 0 saturated carbocycles. The number of pyridine rings is 1. The molecule has 5 atom stereocenters. The molecule has 3 saturated heterocycles. The van der Waals surface area contributed by atoms with Crippen molar-refractivity contribution >= 4 is 17.5 Å². The van der Waals surface area contributed by atoms with Crippen LogP contribution < -0.4 is 9.64 Å². The Morgan fingerprint density at radius 3 is 2.45 bits per heavy atom. The summed E-state index contributed by atoms with van der Waals surface area (Å²) in [5.41, 5.74) is -2.54. The molecule has 8 nitrogen and oxygen atoms in total. The third kappa shape index (κ3) is 3.57. The van der Waals surface area contributed by atoms with Gasteiger partial charge in [0.05, 0.1) is 52.5 Å². The first-order valence-corrected chi connectivity index (χ1v) is 12.0. The average Bonchev–Trinajstić information content (AvgIpc) is 3.36. The van der Waals surface area contributed by atoms with E-state index in [9.17, 15) is 28.0 Å². The van der Waals surface area contributed by atoms with E-state index in [1.54, 1.807) is 33.8 Å². The maximum atomic E-state index is 13.6. The van der Waals surface area contributed by atoms with Gasteiger partial charge in [-0.25, -0.2) is 9.88 Å². The minimum Gasteiger partial charge on any atom is -0.476 e. The fourth-order valence-electron chi connectivity index (χ4n) is 6.39. The van der Waals surface area contributed by atoms with Crippen LogP contribution in [-0.2, 0) is 20.5 Å². The van der Waals surface area contributed by atoms with Crippen LogP contribution in [0.5, 0.6) is 5.88 Å². The summed E-state index contributed by atoms with van der Waals surface area (Å²) >= 11 is 0. The number of fused-ring (bicyclic) bond motifs is 5. The van der Waals surface area contributed by atoms with Crippen LogP contribution in [0.3, 0.4) is 0 Å². The highest BCUT2D eigenvalue weighted by Crippen LogP contribution is 2.63. The highest BCUT2D eigenvalue weighted by atomic mass is 19.4. The summed E-state index contributed by atoms with van der Waals surface area (Å²) in [6.07, 6.45) is -4.47. The third-order valence-corrected chi connectivity index (χ3v) is 8.03. The Morgan fingerprint density at radius 2 is 1.82 bits per heavy atom. The van der Waals surface area contributed by atoms with Gasteiger partial charge in [-0.3, -0.25) is 9.59 Å². The van der Waals surface area contributed by atoms with Gasteiger partial charge in [-0.15, -0.1) is 0 Å². The molecule has 0 N–H and O–H groups in total. The number of anilines is 1. The number of carbonyl (C=O) groups is 2. The predicted molar refractivity (Wildman–Crippen MR) is 126 cm³/mol. The lowest BCUT2D eigenvalue weighted by atomic mass is 9.64. The minimum absolute atomic E-state index is 0.0659. The quantitative estimate of drug-likeness (QED) is 0.550. The van der Waals surface area contributed by atoms with Gasteiger partial charge in [0, 0.05) is 11.6 Å². The Morgan fingerprint density at radius 1 is 1.13 bits per heavy atom. The van der Waals surface area contributed by atoms with Crippen molar-refractivity contribution in [2.75, 3.05) is 11.5 Å². The first-order chi connectivity index (χ1) is 17.7. The lowest BCUT2D eigenvalue weighted by molar-refractivity contribution is -0.138. The van der Waals surface area contributed by atoms with E-state index in [4.69, 9.17) is 14.7 Å². The molecule has 11 heteroatoms. The first kappa shape index (κ1) is 25.7. The molecule has 38 heavy (non-hydrogen) atoms. The zero-order chi connectivity index (χ0) is 27.8. The summed E-state index contributed by atoms with van der Waals surface area (Å²) in [5, 5.41) is 18.6. The fourth-order valence-corrected chi connectivity index (χ4v) is 6.39. The summed E-state index contributed by atoms with van der Waals surface area (Å²) < 4.78 is 53.0. The van der Waals surface area contributed by atoms with Crippen LogP contribution in [0.4, 0.5) is 18.9 Å². The second-order valence-corrected chi connectivity index (χ2v) is 10.5. The molecule has 0 aliphatic carbocycles. The highest BCUT2D eigenvalue weighted by molar-refractivity contribution is 6.23. The predicted octanol–water partition coefficient (Wildman–Crippen LogP) is 4.21. The molecule has 2 bridgehead atoms. The molecule has 196 valence electrons. The number of amides is 2. The largest absolute Gasteiger partial charge is 0.476 e. The van der Waals surface area contributed by atoms with E-state index in [0.29, 0.717) is 29.3 Å². The Bertz CT molecular complexity index is 1480. The molecular formula is C27H23F3N4O4. The van der Waals surface area contributed by atoms with Crippen LogP contribution in [0.15, 0.2) is 24.3 Å². The van der Waals surface area contributed by atoms with Crippen molar-refractivity contribution in [3.05, 3.63) is 52.2 Å². The zero-order valence-electron chi connectivity index (χ0n) is 21.0. The number of halogens is 3. The lowest BCUT2D eigenvalue weighted by Gasteiger charge is -2.35. The number of nitrogens with zero attached hydrogens (tertiary/aromatic N) is 4. The van der Waals surface area contributed by atoms with Gasteiger partial charge in [0.25, 0.3) is 0 Å². The lowest BCUT2D eigenvalue weighted by Crippen LogP contribution is -2.48. The van der Waals surface area contributed by atoms with Gasteiger partial charge in [-0.1, -0.05) is 0 Å². The monoisotopic (exact) mass is 524 g/mol. The summed E-state index contributed by atoms with van der Waals surface area (Å²) in [6.45, 7) is 7.06. The molecule has 3 aliphatic heterocycles. The van der Waals surface area contributed by atoms with E-state index in [0.717, 1.165) is 11.0 Å². The number of hydrogen-bond acceptors (Lipinski definition) is 7. The van der Waals surface area contributed by atoms with Crippen LogP contribution >= 0.6 is 0 Å². The smallest absolute Gasteiger partial charge is 0.417 e. The number of hydrogen-bond donors (Lipinski definition) is 0. The number of benzene rings is 1. The van der Waals surface area contributed by atoms with Gasteiger partial charge in [-0.2, -0.15) is 23.7 Å². The Hall–Kier alpha value is -3.96. The average molecular weight is 524 g/mol. The molecule has 3 aliphatic rings. The molecule has 1 aromatic carbocycles. The Kier molecular flexibility index (Phi) is 5.59. The van der Waals surface area contributed by atoms with E-state index >= 15 is 0 Å². The number of nitriles is 2. The van der Waals surface area contributed by atoms with Crippen LogP contribution in [0.25, 0.3) is 0 Å². The van der Waals surface area contributed by atoms with Crippen molar-refractivity contribution in [3.8, 4) is 18.0 Å². The molecule has 5 rings (SSSR count). The van der Waals surface area contributed by atoms with Crippen LogP contribution in [0, 0.1) is 54.3 Å². The summed E-state index contributed by atoms with van der Waals surface area (Å²) in [4.78, 5) is 32.2. The molecule has 1 aromatic heterocycles. The number of imide groups is 1. The molecule has 0 radical (unpaired) electrons. The Balaban J connectivity index is 1.46. The second kappa shape index (κ2) is 8.27. The number of aryl methyl sites for hydroxylation is 2. The topological polar surface area (TPSA) is 116 Å². The van der Waals surface area contributed by atoms with Crippen molar-refractivity contribution < 1.29 is 32.2 Å². The van der Waals surface area contributed by atoms with Crippen molar-refractivity contribution in [2.24, 2.45) is 17.8 Å². The van der Waals surface area contributed by atoms with E-state index < -0.39 is 52.2 Å². The van der Waals surface area contributed by atoms with Crippen molar-refractivity contribution in [3.63, 3.8) is 0 Å². The normalized spacial score (nSPS) is 29.8. The molecule has 4 heterocycles. The van der Waals surface area contributed by atoms with E-state index in [-0.39, 0.29) is 24.1 Å². The highest BCUT2D eigenvalue weighted by Gasteiger charge is 2.75. The summed E-state index contributed by atoms with van der Waals surface area (Å²) in [7, 11) is 0. The molecule has 0 spiro atoms. The molecule has 3 fully saturated rings. The van der Waals surface area contributed by atoms with Crippen molar-refractivity contribution in [2.45, 2.75) is 51.5 Å². The number of alkyl halides is 3. The zero-order valence-corrected chi connectivity index (χ0v) is 21.0. The van der Waals surface area contributed by atoms with Gasteiger partial charge in [0.1, 0.15) is 11.6 Å². The molecule has 2 amide bonds. The minimum atomic E-state index is -4.84. The van der Waals surface area contributed by atoms with Crippen molar-refractivity contribution in [1.82, 2.24) is 4.98 Å². The second-order valence-electron chi connectivity index (χ2n) is 10.5. The van der Waals surface area contributed by atoms with E-state index in [1.807, 2.05) is 0 Å². The first-order valence-electron chi connectivity index (χ1n) is 12.0.